The summed E-state index contributed by atoms with van der Waals surface area (Å²) in [7, 11) is 0. The molecule has 80 valence electrons. The number of alkyl halides is 3. The Morgan fingerprint density at radius 3 is 2.60 bits per heavy atom. The van der Waals surface area contributed by atoms with Crippen LogP contribution in [0.1, 0.15) is 5.56 Å². The molecule has 8 heteroatoms. The number of ether oxygens (including phenoxy) is 1. The van der Waals surface area contributed by atoms with Crippen molar-refractivity contribution in [2.24, 2.45) is 0 Å². The van der Waals surface area contributed by atoms with E-state index in [-0.39, 0.29) is 0 Å². The summed E-state index contributed by atoms with van der Waals surface area (Å²) in [5, 5.41) is 17.4. The van der Waals surface area contributed by atoms with E-state index in [0.29, 0.717) is 0 Å². The number of hydrogen-bond donors (Lipinski definition) is 2. The number of aromatic hydroxyl groups is 1. The molecule has 0 amide bonds. The van der Waals surface area contributed by atoms with Crippen molar-refractivity contribution in [3.63, 3.8) is 0 Å². The van der Waals surface area contributed by atoms with Crippen molar-refractivity contribution in [1.29, 1.82) is 5.26 Å². The molecule has 0 atom stereocenters. The molecule has 0 saturated carbocycles. The van der Waals surface area contributed by atoms with Gasteiger partial charge >= 0.3 is 6.36 Å². The second-order valence-electron chi connectivity index (χ2n) is 2.41. The first-order valence-corrected chi connectivity index (χ1v) is 3.49. The molecular formula is C7H4F3N3O2. The number of nitrogens with two attached hydrogens (primary N) is 1. The van der Waals surface area contributed by atoms with Crippen molar-refractivity contribution in [1.82, 2.24) is 4.98 Å². The highest BCUT2D eigenvalue weighted by molar-refractivity contribution is 5.53. The van der Waals surface area contributed by atoms with Crippen LogP contribution in [0.25, 0.3) is 0 Å². The van der Waals surface area contributed by atoms with E-state index in [1.807, 2.05) is 0 Å². The Morgan fingerprint density at radius 1 is 1.53 bits per heavy atom. The Labute approximate surface area is 81.5 Å². The van der Waals surface area contributed by atoms with E-state index in [0.717, 1.165) is 6.07 Å². The zero-order chi connectivity index (χ0) is 11.6. The lowest BCUT2D eigenvalue weighted by Crippen LogP contribution is -2.19. The topological polar surface area (TPSA) is 92.2 Å². The van der Waals surface area contributed by atoms with Gasteiger partial charge in [-0.2, -0.15) is 10.2 Å². The van der Waals surface area contributed by atoms with Crippen LogP contribution in [0.15, 0.2) is 6.07 Å². The summed E-state index contributed by atoms with van der Waals surface area (Å²) in [4.78, 5) is 3.09. The van der Waals surface area contributed by atoms with Crippen molar-refractivity contribution in [2.75, 3.05) is 5.73 Å². The molecule has 0 radical (unpaired) electrons. The average Bonchev–Trinajstić information content (AvgIpc) is 2.08. The third-order valence-corrected chi connectivity index (χ3v) is 1.33. The number of rotatable bonds is 1. The number of hydrogen-bond acceptors (Lipinski definition) is 5. The number of pyridine rings is 1. The van der Waals surface area contributed by atoms with Crippen LogP contribution in [-0.2, 0) is 0 Å². The normalized spacial score (nSPS) is 10.8. The predicted molar refractivity (Wildman–Crippen MR) is 41.7 cm³/mol. The van der Waals surface area contributed by atoms with Crippen LogP contribution in [0.5, 0.6) is 11.6 Å². The monoisotopic (exact) mass is 219 g/mol. The molecule has 0 unspecified atom stereocenters. The van der Waals surface area contributed by atoms with Gasteiger partial charge in [0, 0.05) is 6.07 Å². The largest absolute Gasteiger partial charge is 0.574 e. The van der Waals surface area contributed by atoms with Crippen LogP contribution in [0, 0.1) is 11.3 Å². The fraction of sp³-hybridized carbons (Fsp3) is 0.143. The molecule has 1 aromatic heterocycles. The second kappa shape index (κ2) is 3.53. The zero-order valence-electron chi connectivity index (χ0n) is 7.04. The molecule has 0 bridgehead atoms. The number of halogens is 3. The van der Waals surface area contributed by atoms with Gasteiger partial charge in [-0.3, -0.25) is 0 Å². The molecule has 0 aromatic carbocycles. The molecule has 0 fully saturated rings. The molecule has 0 spiro atoms. The van der Waals surface area contributed by atoms with E-state index in [1.165, 1.54) is 6.07 Å². The Balaban J connectivity index is 3.18. The lowest BCUT2D eigenvalue weighted by molar-refractivity contribution is -0.276. The highest BCUT2D eigenvalue weighted by atomic mass is 19.4. The van der Waals surface area contributed by atoms with Crippen LogP contribution < -0.4 is 10.5 Å². The Bertz CT molecular complexity index is 425. The van der Waals surface area contributed by atoms with E-state index in [1.54, 1.807) is 0 Å². The molecule has 0 saturated heterocycles. The lowest BCUT2D eigenvalue weighted by atomic mass is 10.3. The number of aromatic nitrogens is 1. The van der Waals surface area contributed by atoms with Gasteiger partial charge in [0.2, 0.25) is 5.88 Å². The van der Waals surface area contributed by atoms with Crippen molar-refractivity contribution in [2.45, 2.75) is 6.36 Å². The van der Waals surface area contributed by atoms with Crippen LogP contribution >= 0.6 is 0 Å². The molecule has 3 N–H and O–H groups in total. The summed E-state index contributed by atoms with van der Waals surface area (Å²) < 4.78 is 38.9. The van der Waals surface area contributed by atoms with E-state index < -0.39 is 29.4 Å². The summed E-state index contributed by atoms with van der Waals surface area (Å²) >= 11 is 0. The molecule has 0 aliphatic rings. The Hall–Kier alpha value is -2.17. The summed E-state index contributed by atoms with van der Waals surface area (Å²) in [5.74, 6) is -2.12. The maximum Gasteiger partial charge on any atom is 0.574 e. The van der Waals surface area contributed by atoms with E-state index in [2.05, 4.69) is 9.72 Å². The highest BCUT2D eigenvalue weighted by Gasteiger charge is 2.33. The maximum atomic E-state index is 11.8. The summed E-state index contributed by atoms with van der Waals surface area (Å²) in [6, 6.07) is 2.12. The van der Waals surface area contributed by atoms with Gasteiger partial charge in [0.25, 0.3) is 0 Å². The third kappa shape index (κ3) is 2.63. The van der Waals surface area contributed by atoms with Crippen LogP contribution in [0.2, 0.25) is 0 Å². The third-order valence-electron chi connectivity index (χ3n) is 1.33. The van der Waals surface area contributed by atoms with Gasteiger partial charge in [-0.1, -0.05) is 0 Å². The van der Waals surface area contributed by atoms with Gasteiger partial charge < -0.3 is 15.6 Å². The number of nitriles is 1. The highest BCUT2D eigenvalue weighted by Crippen LogP contribution is 2.29. The van der Waals surface area contributed by atoms with Crippen molar-refractivity contribution in [3.8, 4) is 17.7 Å². The fourth-order valence-corrected chi connectivity index (χ4v) is 0.767. The SMILES string of the molecule is N#Cc1cc(O)c(N)nc1OC(F)(F)F. The average molecular weight is 219 g/mol. The van der Waals surface area contributed by atoms with Crippen molar-refractivity contribution in [3.05, 3.63) is 11.6 Å². The van der Waals surface area contributed by atoms with E-state index in [4.69, 9.17) is 16.1 Å². The number of nitrogen functional groups attached to an aromatic ring is 1. The van der Waals surface area contributed by atoms with Gasteiger partial charge in [0.05, 0.1) is 0 Å². The first-order chi connectivity index (χ1) is 6.83. The Kier molecular flexibility index (Phi) is 2.57. The molecule has 1 heterocycles. The van der Waals surface area contributed by atoms with E-state index >= 15 is 0 Å². The summed E-state index contributed by atoms with van der Waals surface area (Å²) in [6.07, 6.45) is -4.97. The second-order valence-corrected chi connectivity index (χ2v) is 2.41. The molecular weight excluding hydrogens is 215 g/mol. The molecule has 15 heavy (non-hydrogen) atoms. The van der Waals surface area contributed by atoms with Crippen LogP contribution in [0.4, 0.5) is 19.0 Å². The van der Waals surface area contributed by atoms with Gasteiger partial charge in [0.1, 0.15) is 11.6 Å². The molecule has 0 aliphatic heterocycles. The molecule has 0 aliphatic carbocycles. The van der Waals surface area contributed by atoms with E-state index in [9.17, 15) is 13.2 Å². The van der Waals surface area contributed by atoms with Gasteiger partial charge in [-0.15, -0.1) is 13.2 Å². The fourth-order valence-electron chi connectivity index (χ4n) is 0.767. The first-order valence-electron chi connectivity index (χ1n) is 3.49. The number of anilines is 1. The Morgan fingerprint density at radius 2 is 2.13 bits per heavy atom. The minimum atomic E-state index is -4.97. The van der Waals surface area contributed by atoms with Gasteiger partial charge in [-0.05, 0) is 0 Å². The van der Waals surface area contributed by atoms with Gasteiger partial charge in [-0.25, -0.2) is 0 Å². The lowest BCUT2D eigenvalue weighted by Gasteiger charge is -2.09. The van der Waals surface area contributed by atoms with Crippen LogP contribution in [0.3, 0.4) is 0 Å². The predicted octanol–water partition coefficient (Wildman–Crippen LogP) is 1.14. The molecule has 5 nitrogen and oxygen atoms in total. The van der Waals surface area contributed by atoms with Gasteiger partial charge in [0.15, 0.2) is 11.6 Å². The first kappa shape index (κ1) is 10.9. The van der Waals surface area contributed by atoms with Crippen molar-refractivity contribution >= 4 is 5.82 Å². The van der Waals surface area contributed by atoms with Crippen LogP contribution in [-0.4, -0.2) is 16.5 Å². The van der Waals surface area contributed by atoms with Crippen molar-refractivity contribution < 1.29 is 23.0 Å². The standard InChI is InChI=1S/C7H4F3N3O2/c8-7(9,10)15-6-3(2-11)1-4(14)5(12)13-6/h1,14H,(H2,12,13). The maximum absolute atomic E-state index is 11.8. The summed E-state index contributed by atoms with van der Waals surface area (Å²) in [5.41, 5.74) is 4.49. The minimum Gasteiger partial charge on any atom is -0.504 e. The zero-order valence-corrected chi connectivity index (χ0v) is 7.04. The minimum absolute atomic E-state index is 0.548. The summed E-state index contributed by atoms with van der Waals surface area (Å²) in [6.45, 7) is 0. The molecule has 1 rings (SSSR count). The number of nitrogens with zero attached hydrogens (tertiary/aromatic N) is 2. The quantitative estimate of drug-likeness (QED) is 0.738. The molecule has 1 aromatic rings. The smallest absolute Gasteiger partial charge is 0.504 e.